The van der Waals surface area contributed by atoms with Crippen molar-refractivity contribution >= 4 is 17.7 Å². The van der Waals surface area contributed by atoms with Gasteiger partial charge in [0.1, 0.15) is 0 Å². The van der Waals surface area contributed by atoms with E-state index in [1.807, 2.05) is 13.8 Å². The van der Waals surface area contributed by atoms with E-state index in [9.17, 15) is 4.79 Å². The van der Waals surface area contributed by atoms with E-state index in [0.717, 1.165) is 17.9 Å². The van der Waals surface area contributed by atoms with Gasteiger partial charge in [0.15, 0.2) is 0 Å². The van der Waals surface area contributed by atoms with Crippen LogP contribution in [0.1, 0.15) is 28.7 Å². The Labute approximate surface area is 94.5 Å². The predicted octanol–water partition coefficient (Wildman–Crippen LogP) is 2.55. The fourth-order valence-electron chi connectivity index (χ4n) is 1.63. The maximum absolute atomic E-state index is 10.9. The van der Waals surface area contributed by atoms with E-state index in [1.54, 1.807) is 17.8 Å². The first kappa shape index (κ1) is 12.2. The van der Waals surface area contributed by atoms with Gasteiger partial charge in [-0.1, -0.05) is 6.92 Å². The van der Waals surface area contributed by atoms with Crippen molar-refractivity contribution in [2.45, 2.75) is 32.6 Å². The lowest BCUT2D eigenvalue weighted by atomic mass is 10.2. The summed E-state index contributed by atoms with van der Waals surface area (Å²) in [5, 5.41) is 9.47. The zero-order valence-corrected chi connectivity index (χ0v) is 10.4. The maximum Gasteiger partial charge on any atom is 0.337 e. The van der Waals surface area contributed by atoms with Gasteiger partial charge in [-0.05, 0) is 26.2 Å². The summed E-state index contributed by atoms with van der Waals surface area (Å²) >= 11 is 1.79. The van der Waals surface area contributed by atoms with Crippen molar-refractivity contribution in [3.63, 3.8) is 0 Å². The van der Waals surface area contributed by atoms with Crippen LogP contribution in [0.2, 0.25) is 0 Å². The molecular formula is C11H17NO2S. The molecule has 1 heterocycles. The number of nitrogens with zero attached hydrogens (tertiary/aromatic N) is 1. The first-order valence-corrected chi connectivity index (χ1v) is 6.19. The summed E-state index contributed by atoms with van der Waals surface area (Å²) in [4.78, 5) is 10.9. The van der Waals surface area contributed by atoms with Crippen molar-refractivity contribution < 1.29 is 9.90 Å². The van der Waals surface area contributed by atoms with E-state index in [4.69, 9.17) is 5.11 Å². The van der Waals surface area contributed by atoms with Crippen molar-refractivity contribution in [1.29, 1.82) is 0 Å². The number of aryl methyl sites for hydroxylation is 1. The van der Waals surface area contributed by atoms with Crippen LogP contribution in [0, 0.1) is 13.8 Å². The predicted molar refractivity (Wildman–Crippen MR) is 63.8 cm³/mol. The van der Waals surface area contributed by atoms with Crippen molar-refractivity contribution in [3.8, 4) is 0 Å². The third-order valence-electron chi connectivity index (χ3n) is 2.65. The Balaban J connectivity index is 3.03. The van der Waals surface area contributed by atoms with Gasteiger partial charge in [-0.25, -0.2) is 4.79 Å². The minimum absolute atomic E-state index is 0.417. The van der Waals surface area contributed by atoms with Crippen LogP contribution < -0.4 is 0 Å². The highest BCUT2D eigenvalue weighted by atomic mass is 32.2. The highest BCUT2D eigenvalue weighted by Gasteiger charge is 2.15. The summed E-state index contributed by atoms with van der Waals surface area (Å²) in [6.07, 6.45) is 2.07. The number of carboxylic acids is 1. The highest BCUT2D eigenvalue weighted by molar-refractivity contribution is 7.99. The van der Waals surface area contributed by atoms with E-state index in [1.165, 1.54) is 0 Å². The third kappa shape index (κ3) is 2.56. The summed E-state index contributed by atoms with van der Waals surface area (Å²) in [6, 6.07) is 1.74. The Morgan fingerprint density at radius 1 is 1.60 bits per heavy atom. The smallest absolute Gasteiger partial charge is 0.337 e. The van der Waals surface area contributed by atoms with Crippen LogP contribution in [0.3, 0.4) is 0 Å². The molecule has 1 N–H and O–H groups in total. The number of hydrogen-bond acceptors (Lipinski definition) is 2. The fourth-order valence-corrected chi connectivity index (χ4v) is 1.93. The van der Waals surface area contributed by atoms with Crippen LogP contribution in [-0.2, 0) is 6.54 Å². The van der Waals surface area contributed by atoms with Crippen LogP contribution >= 0.6 is 11.8 Å². The molecule has 3 nitrogen and oxygen atoms in total. The van der Waals surface area contributed by atoms with Crippen molar-refractivity contribution in [1.82, 2.24) is 4.57 Å². The molecule has 1 atom stereocenters. The highest BCUT2D eigenvalue weighted by Crippen LogP contribution is 2.18. The first-order chi connectivity index (χ1) is 6.97. The van der Waals surface area contributed by atoms with E-state index < -0.39 is 5.97 Å². The first-order valence-electron chi connectivity index (χ1n) is 4.90. The molecule has 1 rings (SSSR count). The number of hydrogen-bond donors (Lipinski definition) is 1. The van der Waals surface area contributed by atoms with Crippen LogP contribution in [0.25, 0.3) is 0 Å². The number of aromatic carboxylic acids is 1. The zero-order valence-electron chi connectivity index (χ0n) is 9.57. The number of rotatable bonds is 4. The SMILES string of the molecule is CSC(C)Cn1c(C)cc(C(=O)O)c1C. The second kappa shape index (κ2) is 4.75. The molecule has 1 unspecified atom stereocenters. The molecular weight excluding hydrogens is 210 g/mol. The Morgan fingerprint density at radius 3 is 2.60 bits per heavy atom. The van der Waals surface area contributed by atoms with Crippen LogP contribution in [0.5, 0.6) is 0 Å². The standard InChI is InChI=1S/C11H17NO2S/c1-7-5-10(11(13)14)9(3)12(7)6-8(2)15-4/h5,8H,6H2,1-4H3,(H,13,14). The molecule has 0 saturated heterocycles. The van der Waals surface area contributed by atoms with Gasteiger partial charge in [-0.3, -0.25) is 0 Å². The van der Waals surface area contributed by atoms with Gasteiger partial charge in [0.25, 0.3) is 0 Å². The van der Waals surface area contributed by atoms with E-state index >= 15 is 0 Å². The Bertz CT molecular complexity index is 371. The molecule has 0 aliphatic rings. The minimum atomic E-state index is -0.842. The molecule has 0 aliphatic heterocycles. The second-order valence-corrected chi connectivity index (χ2v) is 5.02. The van der Waals surface area contributed by atoms with Crippen molar-refractivity contribution in [2.75, 3.05) is 6.26 Å². The maximum atomic E-state index is 10.9. The summed E-state index contributed by atoms with van der Waals surface area (Å²) in [7, 11) is 0. The Hall–Kier alpha value is -0.900. The number of carboxylic acid groups (broad SMARTS) is 1. The number of carbonyl (C=O) groups is 1. The molecule has 0 radical (unpaired) electrons. The fraction of sp³-hybridized carbons (Fsp3) is 0.545. The monoisotopic (exact) mass is 227 g/mol. The summed E-state index contributed by atoms with van der Waals surface area (Å²) in [6.45, 7) is 6.83. The number of thioether (sulfide) groups is 1. The molecule has 0 saturated carbocycles. The Morgan fingerprint density at radius 2 is 2.20 bits per heavy atom. The normalized spacial score (nSPS) is 12.8. The average molecular weight is 227 g/mol. The summed E-state index contributed by atoms with van der Waals surface area (Å²) in [5.74, 6) is -0.842. The van der Waals surface area contributed by atoms with Gasteiger partial charge in [0.05, 0.1) is 5.56 Å². The van der Waals surface area contributed by atoms with Gasteiger partial charge in [-0.2, -0.15) is 11.8 Å². The lowest BCUT2D eigenvalue weighted by Crippen LogP contribution is -2.12. The molecule has 0 spiro atoms. The van der Waals surface area contributed by atoms with Gasteiger partial charge in [0, 0.05) is 23.2 Å². The second-order valence-electron chi connectivity index (χ2n) is 3.75. The van der Waals surface area contributed by atoms with Crippen molar-refractivity contribution in [3.05, 3.63) is 23.0 Å². The molecule has 0 bridgehead atoms. The average Bonchev–Trinajstić information content (AvgIpc) is 2.45. The van der Waals surface area contributed by atoms with Crippen LogP contribution in [0.15, 0.2) is 6.07 Å². The van der Waals surface area contributed by atoms with E-state index in [0.29, 0.717) is 10.8 Å². The van der Waals surface area contributed by atoms with Gasteiger partial charge in [0.2, 0.25) is 0 Å². The molecule has 15 heavy (non-hydrogen) atoms. The molecule has 4 heteroatoms. The lowest BCUT2D eigenvalue weighted by Gasteiger charge is -2.13. The lowest BCUT2D eigenvalue weighted by molar-refractivity contribution is 0.0696. The van der Waals surface area contributed by atoms with Crippen LogP contribution in [0.4, 0.5) is 0 Å². The summed E-state index contributed by atoms with van der Waals surface area (Å²) in [5.41, 5.74) is 2.28. The molecule has 0 aliphatic carbocycles. The van der Waals surface area contributed by atoms with Gasteiger partial charge < -0.3 is 9.67 Å². The number of aromatic nitrogens is 1. The molecule has 0 aromatic carbocycles. The molecule has 84 valence electrons. The van der Waals surface area contributed by atoms with Crippen molar-refractivity contribution in [2.24, 2.45) is 0 Å². The quantitative estimate of drug-likeness (QED) is 0.859. The van der Waals surface area contributed by atoms with E-state index in [2.05, 4.69) is 17.7 Å². The molecule has 1 aromatic rings. The molecule has 0 fully saturated rings. The third-order valence-corrected chi connectivity index (χ3v) is 3.60. The van der Waals surface area contributed by atoms with Crippen LogP contribution in [-0.4, -0.2) is 27.1 Å². The van der Waals surface area contributed by atoms with Gasteiger partial charge >= 0.3 is 5.97 Å². The van der Waals surface area contributed by atoms with Gasteiger partial charge in [-0.15, -0.1) is 0 Å². The van der Waals surface area contributed by atoms with E-state index in [-0.39, 0.29) is 0 Å². The Kier molecular flexibility index (Phi) is 3.85. The summed E-state index contributed by atoms with van der Waals surface area (Å²) < 4.78 is 2.07. The zero-order chi connectivity index (χ0) is 11.6. The molecule has 0 amide bonds. The minimum Gasteiger partial charge on any atom is -0.478 e. The topological polar surface area (TPSA) is 42.2 Å². The molecule has 1 aromatic heterocycles. The largest absolute Gasteiger partial charge is 0.478 e.